The van der Waals surface area contributed by atoms with Crippen LogP contribution in [0.15, 0.2) is 58.3 Å². The lowest BCUT2D eigenvalue weighted by atomic mass is 10.1. The molecule has 1 aliphatic rings. The van der Waals surface area contributed by atoms with Gasteiger partial charge in [-0.25, -0.2) is 8.42 Å². The molecule has 1 heterocycles. The highest BCUT2D eigenvalue weighted by Gasteiger charge is 2.35. The van der Waals surface area contributed by atoms with E-state index in [2.05, 4.69) is 0 Å². The van der Waals surface area contributed by atoms with Crippen molar-refractivity contribution in [2.45, 2.75) is 24.3 Å². The Labute approximate surface area is 159 Å². The van der Waals surface area contributed by atoms with Gasteiger partial charge in [-0.2, -0.15) is 11.8 Å². The van der Waals surface area contributed by atoms with Crippen LogP contribution in [-0.2, 0) is 14.6 Å². The van der Waals surface area contributed by atoms with Gasteiger partial charge in [0, 0.05) is 17.7 Å². The second kappa shape index (κ2) is 7.76. The number of aryl methyl sites for hydroxylation is 1. The molecule has 2 aromatic carbocycles. The molecule has 1 atom stereocenters. The molecule has 0 amide bonds. The Balaban J connectivity index is 2.05. The molecule has 1 aliphatic heterocycles. The number of hydrogen-bond acceptors (Lipinski definition) is 5. The number of benzene rings is 2. The summed E-state index contributed by atoms with van der Waals surface area (Å²) >= 11 is 1.65. The van der Waals surface area contributed by atoms with Gasteiger partial charge in [-0.05, 0) is 37.4 Å². The van der Waals surface area contributed by atoms with Crippen molar-refractivity contribution in [3.63, 3.8) is 0 Å². The largest absolute Gasteiger partial charge is 0.497 e. The van der Waals surface area contributed by atoms with Crippen molar-refractivity contribution < 1.29 is 17.9 Å². The highest BCUT2D eigenvalue weighted by Crippen LogP contribution is 2.39. The Morgan fingerprint density at radius 3 is 2.35 bits per heavy atom. The van der Waals surface area contributed by atoms with Crippen molar-refractivity contribution in [2.75, 3.05) is 19.1 Å². The minimum atomic E-state index is -3.63. The molecule has 3 rings (SSSR count). The molecule has 0 aliphatic carbocycles. The van der Waals surface area contributed by atoms with E-state index in [1.807, 2.05) is 37.4 Å². The van der Waals surface area contributed by atoms with Crippen molar-refractivity contribution in [1.82, 2.24) is 0 Å². The molecule has 6 heteroatoms. The van der Waals surface area contributed by atoms with Gasteiger partial charge < -0.3 is 9.47 Å². The van der Waals surface area contributed by atoms with Crippen molar-refractivity contribution in [1.29, 1.82) is 0 Å². The maximum atomic E-state index is 13.2. The third-order valence-corrected chi connectivity index (χ3v) is 6.91. The summed E-state index contributed by atoms with van der Waals surface area (Å²) in [5.41, 5.74) is 1.92. The number of sulfone groups is 1. The van der Waals surface area contributed by atoms with Gasteiger partial charge in [0.2, 0.25) is 9.84 Å². The smallest absolute Gasteiger partial charge is 0.206 e. The Hall–Kier alpha value is -1.92. The molecule has 0 N–H and O–H groups in total. The molecule has 2 aromatic rings. The first kappa shape index (κ1) is 18.9. The van der Waals surface area contributed by atoms with E-state index in [1.165, 1.54) is 0 Å². The van der Waals surface area contributed by atoms with Crippen LogP contribution >= 0.6 is 11.8 Å². The van der Waals surface area contributed by atoms with Crippen LogP contribution in [-0.4, -0.2) is 33.6 Å². The Kier molecular flexibility index (Phi) is 5.63. The average Bonchev–Trinajstić information content (AvgIpc) is 3.07. The predicted molar refractivity (Wildman–Crippen MR) is 106 cm³/mol. The summed E-state index contributed by atoms with van der Waals surface area (Å²) in [6.45, 7) is 2.00. The molecule has 0 saturated heterocycles. The summed E-state index contributed by atoms with van der Waals surface area (Å²) in [6.07, 6.45) is 2.24. The van der Waals surface area contributed by atoms with E-state index in [9.17, 15) is 8.42 Å². The lowest BCUT2D eigenvalue weighted by Crippen LogP contribution is -2.11. The van der Waals surface area contributed by atoms with Gasteiger partial charge in [-0.15, -0.1) is 0 Å². The maximum absolute atomic E-state index is 13.2. The van der Waals surface area contributed by atoms with Crippen LogP contribution in [0.4, 0.5) is 0 Å². The van der Waals surface area contributed by atoms with Gasteiger partial charge in [-0.1, -0.05) is 29.8 Å². The summed E-state index contributed by atoms with van der Waals surface area (Å²) in [5.74, 6) is 1.84. The van der Waals surface area contributed by atoms with Crippen LogP contribution in [0.25, 0.3) is 5.76 Å². The minimum Gasteiger partial charge on any atom is -0.497 e. The van der Waals surface area contributed by atoms with Gasteiger partial charge in [0.05, 0.1) is 16.9 Å². The minimum absolute atomic E-state index is 0.135. The van der Waals surface area contributed by atoms with Gasteiger partial charge >= 0.3 is 0 Å². The molecule has 26 heavy (non-hydrogen) atoms. The van der Waals surface area contributed by atoms with Crippen LogP contribution in [0.1, 0.15) is 17.5 Å². The van der Waals surface area contributed by atoms with Gasteiger partial charge in [-0.3, -0.25) is 0 Å². The number of thioether (sulfide) groups is 1. The highest BCUT2D eigenvalue weighted by molar-refractivity contribution is 7.98. The molecule has 1 unspecified atom stereocenters. The van der Waals surface area contributed by atoms with E-state index >= 15 is 0 Å². The Morgan fingerprint density at radius 2 is 1.77 bits per heavy atom. The summed E-state index contributed by atoms with van der Waals surface area (Å²) in [5, 5.41) is 0. The lowest BCUT2D eigenvalue weighted by molar-refractivity contribution is 0.215. The van der Waals surface area contributed by atoms with Crippen LogP contribution < -0.4 is 4.74 Å². The highest BCUT2D eigenvalue weighted by atomic mass is 32.2. The van der Waals surface area contributed by atoms with E-state index in [0.717, 1.165) is 16.9 Å². The first-order valence-corrected chi connectivity index (χ1v) is 11.2. The third-order valence-electron chi connectivity index (χ3n) is 4.31. The third kappa shape index (κ3) is 3.76. The molecule has 4 nitrogen and oxygen atoms in total. The standard InChI is InChI=1S/C20H22O4S2/c1-14-4-6-15(7-5-14)20-19(12-17(24-20)13-25-3)26(21,22)18-10-8-16(23-2)9-11-18/h4-11,17H,12-13H2,1-3H3. The molecule has 0 radical (unpaired) electrons. The molecular formula is C20H22O4S2. The quantitative estimate of drug-likeness (QED) is 0.736. The Bertz CT molecular complexity index is 898. The van der Waals surface area contributed by atoms with E-state index in [4.69, 9.17) is 9.47 Å². The van der Waals surface area contributed by atoms with Crippen molar-refractivity contribution >= 4 is 27.4 Å². The fourth-order valence-electron chi connectivity index (χ4n) is 2.92. The lowest BCUT2D eigenvalue weighted by Gasteiger charge is -2.11. The monoisotopic (exact) mass is 390 g/mol. The molecule has 0 bridgehead atoms. The molecule has 0 saturated carbocycles. The summed E-state index contributed by atoms with van der Waals surface area (Å²) in [7, 11) is -2.08. The predicted octanol–water partition coefficient (Wildman–Crippen LogP) is 4.30. The second-order valence-corrected chi connectivity index (χ2v) is 9.08. The molecule has 0 fully saturated rings. The molecule has 0 spiro atoms. The number of rotatable bonds is 6. The van der Waals surface area contributed by atoms with Crippen LogP contribution in [0, 0.1) is 6.92 Å². The van der Waals surface area contributed by atoms with E-state index in [1.54, 1.807) is 43.1 Å². The molecular weight excluding hydrogens is 368 g/mol. The fourth-order valence-corrected chi connectivity index (χ4v) is 5.07. The average molecular weight is 391 g/mol. The zero-order chi connectivity index (χ0) is 18.7. The van der Waals surface area contributed by atoms with Crippen molar-refractivity contribution in [2.24, 2.45) is 0 Å². The van der Waals surface area contributed by atoms with E-state index in [0.29, 0.717) is 22.8 Å². The first-order chi connectivity index (χ1) is 12.5. The van der Waals surface area contributed by atoms with E-state index < -0.39 is 9.84 Å². The number of ether oxygens (including phenoxy) is 2. The number of hydrogen-bond donors (Lipinski definition) is 0. The summed E-state index contributed by atoms with van der Waals surface area (Å²) < 4.78 is 37.7. The molecule has 138 valence electrons. The topological polar surface area (TPSA) is 52.6 Å². The van der Waals surface area contributed by atoms with Gasteiger partial charge in [0.25, 0.3) is 0 Å². The van der Waals surface area contributed by atoms with Crippen molar-refractivity contribution in [3.8, 4) is 5.75 Å². The van der Waals surface area contributed by atoms with Crippen LogP contribution in [0.5, 0.6) is 5.75 Å². The van der Waals surface area contributed by atoms with E-state index in [-0.39, 0.29) is 11.0 Å². The van der Waals surface area contributed by atoms with Crippen LogP contribution in [0.2, 0.25) is 0 Å². The number of methoxy groups -OCH3 is 1. The Morgan fingerprint density at radius 1 is 1.12 bits per heavy atom. The van der Waals surface area contributed by atoms with Gasteiger partial charge in [0.1, 0.15) is 17.6 Å². The fraction of sp³-hybridized carbons (Fsp3) is 0.300. The summed E-state index contributed by atoms with van der Waals surface area (Å²) in [4.78, 5) is 0.608. The zero-order valence-electron chi connectivity index (χ0n) is 15.1. The molecule has 0 aromatic heterocycles. The maximum Gasteiger partial charge on any atom is 0.206 e. The second-order valence-electron chi connectivity index (χ2n) is 6.20. The SMILES string of the molecule is COc1ccc(S(=O)(=O)C2=C(c3ccc(C)cc3)OC(CSC)C2)cc1. The summed E-state index contributed by atoms with van der Waals surface area (Å²) in [6, 6.07) is 14.2. The van der Waals surface area contributed by atoms with Gasteiger partial charge in [0.15, 0.2) is 0 Å². The van der Waals surface area contributed by atoms with Crippen molar-refractivity contribution in [3.05, 3.63) is 64.6 Å². The normalized spacial score (nSPS) is 17.3. The zero-order valence-corrected chi connectivity index (χ0v) is 16.7. The van der Waals surface area contributed by atoms with Crippen LogP contribution in [0.3, 0.4) is 0 Å². The first-order valence-electron chi connectivity index (χ1n) is 8.30.